The molecule has 3 nitrogen and oxygen atoms in total. The van der Waals surface area contributed by atoms with Crippen LogP contribution < -0.4 is 5.32 Å². The van der Waals surface area contributed by atoms with Crippen LogP contribution in [-0.4, -0.2) is 16.3 Å². The molecule has 1 heterocycles. The van der Waals surface area contributed by atoms with E-state index in [0.717, 1.165) is 13.1 Å². The fourth-order valence-corrected chi connectivity index (χ4v) is 2.35. The van der Waals surface area contributed by atoms with Crippen molar-refractivity contribution in [1.29, 1.82) is 0 Å². The molecule has 19 heavy (non-hydrogen) atoms. The van der Waals surface area contributed by atoms with Crippen LogP contribution in [0.5, 0.6) is 0 Å². The molecule has 1 aliphatic rings. The summed E-state index contributed by atoms with van der Waals surface area (Å²) < 4.78 is 2.03. The standard InChI is InChI=1S/C16H21N3/c1-3-17-11-13-5-4-12(2)16(10-13)19-9-8-15(18-19)14-6-7-14/h4-5,8-10,14,17H,3,6-7,11H2,1-2H3. The number of aryl methyl sites for hydroxylation is 1. The molecule has 0 atom stereocenters. The maximum absolute atomic E-state index is 4.72. The van der Waals surface area contributed by atoms with Crippen LogP contribution in [-0.2, 0) is 6.54 Å². The minimum atomic E-state index is 0.714. The maximum atomic E-state index is 4.72. The van der Waals surface area contributed by atoms with Gasteiger partial charge in [0.25, 0.3) is 0 Å². The van der Waals surface area contributed by atoms with Gasteiger partial charge in [0.2, 0.25) is 0 Å². The van der Waals surface area contributed by atoms with Crippen LogP contribution in [0.1, 0.15) is 42.5 Å². The number of rotatable bonds is 5. The van der Waals surface area contributed by atoms with Crippen molar-refractivity contribution in [3.63, 3.8) is 0 Å². The molecule has 0 radical (unpaired) electrons. The molecule has 0 amide bonds. The predicted molar refractivity (Wildman–Crippen MR) is 77.7 cm³/mol. The summed E-state index contributed by atoms with van der Waals surface area (Å²) in [6.45, 7) is 6.19. The molecule has 1 saturated carbocycles. The normalized spacial score (nSPS) is 14.8. The van der Waals surface area contributed by atoms with Crippen LogP contribution in [0.4, 0.5) is 0 Å². The highest BCUT2D eigenvalue weighted by atomic mass is 15.3. The average molecular weight is 255 g/mol. The second-order valence-electron chi connectivity index (χ2n) is 5.36. The molecule has 3 rings (SSSR count). The fourth-order valence-electron chi connectivity index (χ4n) is 2.35. The third kappa shape index (κ3) is 2.71. The summed E-state index contributed by atoms with van der Waals surface area (Å²) in [7, 11) is 0. The first kappa shape index (κ1) is 12.4. The number of nitrogens with one attached hydrogen (secondary N) is 1. The van der Waals surface area contributed by atoms with Gasteiger partial charge in [-0.1, -0.05) is 19.1 Å². The Hall–Kier alpha value is -1.61. The zero-order valence-corrected chi connectivity index (χ0v) is 11.7. The van der Waals surface area contributed by atoms with Crippen LogP contribution >= 0.6 is 0 Å². The first-order chi connectivity index (χ1) is 9.28. The molecule has 0 saturated heterocycles. The summed E-state index contributed by atoms with van der Waals surface area (Å²) in [6.07, 6.45) is 4.69. The highest BCUT2D eigenvalue weighted by Crippen LogP contribution is 2.39. The summed E-state index contributed by atoms with van der Waals surface area (Å²) in [5, 5.41) is 8.09. The van der Waals surface area contributed by atoms with Gasteiger partial charge in [0, 0.05) is 18.7 Å². The molecule has 1 N–H and O–H groups in total. The van der Waals surface area contributed by atoms with Crippen molar-refractivity contribution in [3.8, 4) is 5.69 Å². The first-order valence-corrected chi connectivity index (χ1v) is 7.14. The van der Waals surface area contributed by atoms with Crippen LogP contribution in [0.2, 0.25) is 0 Å². The third-order valence-electron chi connectivity index (χ3n) is 3.70. The summed E-state index contributed by atoms with van der Waals surface area (Å²) in [5.74, 6) is 0.714. The lowest BCUT2D eigenvalue weighted by molar-refractivity contribution is 0.724. The number of nitrogens with zero attached hydrogens (tertiary/aromatic N) is 2. The Morgan fingerprint density at radius 3 is 2.89 bits per heavy atom. The van der Waals surface area contributed by atoms with Gasteiger partial charge in [-0.05, 0) is 49.6 Å². The molecule has 100 valence electrons. The molecular formula is C16H21N3. The Bertz CT molecular complexity index is 567. The lowest BCUT2D eigenvalue weighted by Crippen LogP contribution is -2.12. The topological polar surface area (TPSA) is 29.9 Å². The maximum Gasteiger partial charge on any atom is 0.0678 e. The number of benzene rings is 1. The Labute approximate surface area is 114 Å². The largest absolute Gasteiger partial charge is 0.313 e. The van der Waals surface area contributed by atoms with E-state index in [1.54, 1.807) is 0 Å². The molecule has 0 unspecified atom stereocenters. The van der Waals surface area contributed by atoms with Gasteiger partial charge in [-0.25, -0.2) is 4.68 Å². The number of hydrogen-bond donors (Lipinski definition) is 1. The van der Waals surface area contributed by atoms with Crippen molar-refractivity contribution in [1.82, 2.24) is 15.1 Å². The van der Waals surface area contributed by atoms with E-state index in [9.17, 15) is 0 Å². The molecule has 1 aromatic heterocycles. The molecule has 2 aromatic rings. The zero-order valence-electron chi connectivity index (χ0n) is 11.7. The molecule has 0 bridgehead atoms. The first-order valence-electron chi connectivity index (χ1n) is 7.14. The van der Waals surface area contributed by atoms with Crippen LogP contribution in [0.3, 0.4) is 0 Å². The monoisotopic (exact) mass is 255 g/mol. The van der Waals surface area contributed by atoms with Gasteiger partial charge < -0.3 is 5.32 Å². The third-order valence-corrected chi connectivity index (χ3v) is 3.70. The number of hydrogen-bond acceptors (Lipinski definition) is 2. The Morgan fingerprint density at radius 1 is 1.32 bits per heavy atom. The molecule has 1 fully saturated rings. The van der Waals surface area contributed by atoms with Crippen molar-refractivity contribution in [2.75, 3.05) is 6.54 Å². The summed E-state index contributed by atoms with van der Waals surface area (Å²) in [4.78, 5) is 0. The molecule has 3 heteroatoms. The summed E-state index contributed by atoms with van der Waals surface area (Å²) >= 11 is 0. The van der Waals surface area contributed by atoms with Crippen molar-refractivity contribution < 1.29 is 0 Å². The lowest BCUT2D eigenvalue weighted by atomic mass is 10.1. The van der Waals surface area contributed by atoms with Gasteiger partial charge in [0.1, 0.15) is 0 Å². The summed E-state index contributed by atoms with van der Waals surface area (Å²) in [6, 6.07) is 8.77. The van der Waals surface area contributed by atoms with E-state index in [4.69, 9.17) is 5.10 Å². The van der Waals surface area contributed by atoms with E-state index in [2.05, 4.69) is 49.6 Å². The molecule has 1 aromatic carbocycles. The van der Waals surface area contributed by atoms with Gasteiger partial charge in [-0.2, -0.15) is 5.10 Å². The molecule has 0 aliphatic heterocycles. The van der Waals surface area contributed by atoms with E-state index in [1.807, 2.05) is 4.68 Å². The Morgan fingerprint density at radius 2 is 2.16 bits per heavy atom. The van der Waals surface area contributed by atoms with E-state index < -0.39 is 0 Å². The summed E-state index contributed by atoms with van der Waals surface area (Å²) in [5.41, 5.74) is 5.02. The fraction of sp³-hybridized carbons (Fsp3) is 0.438. The number of aromatic nitrogens is 2. The Kier molecular flexibility index (Phi) is 3.38. The van der Waals surface area contributed by atoms with E-state index >= 15 is 0 Å². The van der Waals surface area contributed by atoms with Crippen molar-refractivity contribution in [3.05, 3.63) is 47.3 Å². The van der Waals surface area contributed by atoms with Gasteiger partial charge in [0.15, 0.2) is 0 Å². The van der Waals surface area contributed by atoms with Crippen molar-refractivity contribution >= 4 is 0 Å². The molecule has 0 spiro atoms. The smallest absolute Gasteiger partial charge is 0.0678 e. The molecule has 1 aliphatic carbocycles. The van der Waals surface area contributed by atoms with Crippen LogP contribution in [0.25, 0.3) is 5.69 Å². The van der Waals surface area contributed by atoms with E-state index in [1.165, 1.54) is 35.3 Å². The van der Waals surface area contributed by atoms with Gasteiger partial charge in [-0.3, -0.25) is 0 Å². The van der Waals surface area contributed by atoms with Crippen molar-refractivity contribution in [2.45, 2.75) is 39.2 Å². The second kappa shape index (κ2) is 5.17. The molecular weight excluding hydrogens is 234 g/mol. The minimum absolute atomic E-state index is 0.714. The lowest BCUT2D eigenvalue weighted by Gasteiger charge is -2.09. The van der Waals surface area contributed by atoms with Gasteiger partial charge in [-0.15, -0.1) is 0 Å². The van der Waals surface area contributed by atoms with Gasteiger partial charge >= 0.3 is 0 Å². The predicted octanol–water partition coefficient (Wildman–Crippen LogP) is 3.17. The highest BCUT2D eigenvalue weighted by molar-refractivity contribution is 5.43. The average Bonchev–Trinajstić information content (AvgIpc) is 3.16. The zero-order chi connectivity index (χ0) is 13.2. The van der Waals surface area contributed by atoms with Crippen LogP contribution in [0.15, 0.2) is 30.5 Å². The highest BCUT2D eigenvalue weighted by Gasteiger charge is 2.25. The van der Waals surface area contributed by atoms with Gasteiger partial charge in [0.05, 0.1) is 11.4 Å². The van der Waals surface area contributed by atoms with Crippen molar-refractivity contribution in [2.24, 2.45) is 0 Å². The van der Waals surface area contributed by atoms with Crippen LogP contribution in [0, 0.1) is 6.92 Å². The SMILES string of the molecule is CCNCc1ccc(C)c(-n2ccc(C3CC3)n2)c1. The quantitative estimate of drug-likeness (QED) is 0.889. The second-order valence-corrected chi connectivity index (χ2v) is 5.36. The Balaban J connectivity index is 1.88. The van der Waals surface area contributed by atoms with E-state index in [-0.39, 0.29) is 0 Å². The minimum Gasteiger partial charge on any atom is -0.313 e. The van der Waals surface area contributed by atoms with E-state index in [0.29, 0.717) is 5.92 Å².